The zero-order valence-corrected chi connectivity index (χ0v) is 21.0. The molecule has 0 spiro atoms. The molecular formula is C25H45Br. The minimum atomic E-state index is 0.215. The summed E-state index contributed by atoms with van der Waals surface area (Å²) in [6.07, 6.45) is 2.48. The van der Waals surface area contributed by atoms with E-state index in [1.54, 1.807) is 0 Å². The van der Waals surface area contributed by atoms with Crippen LogP contribution in [0.1, 0.15) is 106 Å². The summed E-state index contributed by atoms with van der Waals surface area (Å²) < 4.78 is 0. The van der Waals surface area contributed by atoms with Crippen LogP contribution in [0.2, 0.25) is 0 Å². The van der Waals surface area contributed by atoms with Crippen molar-refractivity contribution in [2.45, 2.75) is 100 Å². The molecule has 0 saturated carbocycles. The Bertz CT molecular complexity index is 505. The fraction of sp³-hybridized carbons (Fsp3) is 0.760. The SMILES string of the molecule is CC.CCCC(c1ccc(CBr)cc1)C(C)(C)C(C)(C)C(C)(C)C(C)C. The van der Waals surface area contributed by atoms with Crippen molar-refractivity contribution in [3.05, 3.63) is 35.4 Å². The van der Waals surface area contributed by atoms with E-state index in [-0.39, 0.29) is 16.2 Å². The number of hydrogen-bond acceptors (Lipinski definition) is 0. The van der Waals surface area contributed by atoms with E-state index >= 15 is 0 Å². The summed E-state index contributed by atoms with van der Waals surface area (Å²) in [7, 11) is 0. The van der Waals surface area contributed by atoms with Gasteiger partial charge in [0.25, 0.3) is 0 Å². The van der Waals surface area contributed by atoms with Crippen LogP contribution in [0.3, 0.4) is 0 Å². The monoisotopic (exact) mass is 424 g/mol. The van der Waals surface area contributed by atoms with Gasteiger partial charge in [0, 0.05) is 5.33 Å². The fourth-order valence-electron chi connectivity index (χ4n) is 4.06. The van der Waals surface area contributed by atoms with Gasteiger partial charge in [0.15, 0.2) is 0 Å². The molecule has 0 aromatic heterocycles. The minimum Gasteiger partial charge on any atom is -0.0876 e. The van der Waals surface area contributed by atoms with E-state index in [1.807, 2.05) is 13.8 Å². The number of halogens is 1. The van der Waals surface area contributed by atoms with Crippen molar-refractivity contribution in [1.29, 1.82) is 0 Å². The molecule has 1 heteroatoms. The van der Waals surface area contributed by atoms with Gasteiger partial charge in [0.05, 0.1) is 0 Å². The molecule has 0 saturated heterocycles. The van der Waals surface area contributed by atoms with Gasteiger partial charge in [-0.2, -0.15) is 0 Å². The second-order valence-corrected chi connectivity index (χ2v) is 10.0. The summed E-state index contributed by atoms with van der Waals surface area (Å²) in [5, 5.41) is 0.932. The van der Waals surface area contributed by atoms with Crippen molar-refractivity contribution >= 4 is 15.9 Å². The smallest absolute Gasteiger partial charge is 0.0283 e. The van der Waals surface area contributed by atoms with Gasteiger partial charge in [-0.25, -0.2) is 0 Å². The largest absolute Gasteiger partial charge is 0.0876 e. The fourth-order valence-corrected chi connectivity index (χ4v) is 4.43. The highest BCUT2D eigenvalue weighted by molar-refractivity contribution is 9.08. The average Bonchev–Trinajstić information content (AvgIpc) is 2.60. The average molecular weight is 426 g/mol. The summed E-state index contributed by atoms with van der Waals surface area (Å²) in [4.78, 5) is 0. The molecule has 0 N–H and O–H groups in total. The van der Waals surface area contributed by atoms with E-state index < -0.39 is 0 Å². The van der Waals surface area contributed by atoms with E-state index in [9.17, 15) is 0 Å². The molecule has 0 amide bonds. The standard InChI is InChI=1S/C23H39Br.C2H6/c1-10-11-20(19-14-12-18(16-24)13-15-19)22(6,7)23(8,9)21(4,5)17(2)3;1-2/h12-15,17,20H,10-11,16H2,1-9H3;1-2H3. The van der Waals surface area contributed by atoms with Crippen molar-refractivity contribution in [3.8, 4) is 0 Å². The maximum atomic E-state index is 3.56. The Morgan fingerprint density at radius 1 is 0.846 bits per heavy atom. The Kier molecular flexibility index (Phi) is 10.2. The number of benzene rings is 1. The van der Waals surface area contributed by atoms with Gasteiger partial charge in [0.2, 0.25) is 0 Å². The summed E-state index contributed by atoms with van der Waals surface area (Å²) in [5.41, 5.74) is 3.57. The van der Waals surface area contributed by atoms with Crippen LogP contribution in [0, 0.1) is 22.2 Å². The minimum absolute atomic E-state index is 0.215. The molecule has 1 atom stereocenters. The van der Waals surface area contributed by atoms with Crippen LogP contribution in [0.15, 0.2) is 24.3 Å². The third-order valence-corrected chi connectivity index (χ3v) is 8.30. The van der Waals surface area contributed by atoms with Crippen LogP contribution >= 0.6 is 15.9 Å². The zero-order chi connectivity index (χ0) is 20.8. The second-order valence-electron chi connectivity index (χ2n) is 9.44. The van der Waals surface area contributed by atoms with Crippen molar-refractivity contribution in [2.75, 3.05) is 0 Å². The quantitative estimate of drug-likeness (QED) is 0.364. The van der Waals surface area contributed by atoms with Crippen LogP contribution in [-0.4, -0.2) is 0 Å². The third kappa shape index (κ3) is 5.15. The molecule has 0 fully saturated rings. The Labute approximate surface area is 173 Å². The maximum absolute atomic E-state index is 3.56. The van der Waals surface area contributed by atoms with E-state index in [1.165, 1.54) is 24.0 Å². The summed E-state index contributed by atoms with van der Waals surface area (Å²) in [6, 6.07) is 9.28. The van der Waals surface area contributed by atoms with Gasteiger partial charge in [-0.05, 0) is 45.6 Å². The Morgan fingerprint density at radius 2 is 1.31 bits per heavy atom. The van der Waals surface area contributed by atoms with E-state index in [0.29, 0.717) is 11.8 Å². The predicted octanol–water partition coefficient (Wildman–Crippen LogP) is 9.23. The Morgan fingerprint density at radius 3 is 1.65 bits per heavy atom. The molecule has 1 unspecified atom stereocenters. The zero-order valence-electron chi connectivity index (χ0n) is 19.5. The van der Waals surface area contributed by atoms with Gasteiger partial charge in [-0.1, -0.05) is 123 Å². The van der Waals surface area contributed by atoms with Crippen molar-refractivity contribution in [3.63, 3.8) is 0 Å². The highest BCUT2D eigenvalue weighted by Crippen LogP contribution is 2.60. The molecule has 1 rings (SSSR count). The lowest BCUT2D eigenvalue weighted by atomic mass is 9.47. The van der Waals surface area contributed by atoms with Gasteiger partial charge < -0.3 is 0 Å². The predicted molar refractivity (Wildman–Crippen MR) is 124 cm³/mol. The third-order valence-electron chi connectivity index (χ3n) is 7.65. The number of alkyl halides is 1. The van der Waals surface area contributed by atoms with Gasteiger partial charge in [0.1, 0.15) is 0 Å². The van der Waals surface area contributed by atoms with Crippen LogP contribution in [0.5, 0.6) is 0 Å². The highest BCUT2D eigenvalue weighted by atomic mass is 79.9. The van der Waals surface area contributed by atoms with Crippen LogP contribution in [0.25, 0.3) is 0 Å². The molecule has 0 aliphatic carbocycles. The normalized spacial score (nSPS) is 14.0. The van der Waals surface area contributed by atoms with Gasteiger partial charge in [-0.15, -0.1) is 0 Å². The molecule has 26 heavy (non-hydrogen) atoms. The molecule has 1 aromatic carbocycles. The summed E-state index contributed by atoms with van der Waals surface area (Å²) in [6.45, 7) is 25.9. The molecule has 0 nitrogen and oxygen atoms in total. The van der Waals surface area contributed by atoms with E-state index in [2.05, 4.69) is 103 Å². The molecule has 0 aliphatic rings. The molecule has 0 radical (unpaired) electrons. The lowest BCUT2D eigenvalue weighted by molar-refractivity contribution is -0.0653. The van der Waals surface area contributed by atoms with Gasteiger partial charge >= 0.3 is 0 Å². The highest BCUT2D eigenvalue weighted by Gasteiger charge is 2.52. The summed E-state index contributed by atoms with van der Waals surface area (Å²) in [5.74, 6) is 1.24. The number of hydrogen-bond donors (Lipinski definition) is 0. The van der Waals surface area contributed by atoms with Crippen LogP contribution in [0.4, 0.5) is 0 Å². The number of rotatable bonds is 8. The second kappa shape index (κ2) is 10.3. The molecule has 152 valence electrons. The van der Waals surface area contributed by atoms with Gasteiger partial charge in [-0.3, -0.25) is 0 Å². The molecular weight excluding hydrogens is 380 g/mol. The first-order valence-corrected chi connectivity index (χ1v) is 11.7. The van der Waals surface area contributed by atoms with E-state index in [4.69, 9.17) is 0 Å². The first-order chi connectivity index (χ1) is 11.9. The maximum Gasteiger partial charge on any atom is 0.0283 e. The Hall–Kier alpha value is -0.300. The Balaban J connectivity index is 0.00000301. The topological polar surface area (TPSA) is 0 Å². The molecule has 1 aromatic rings. The lowest BCUT2D eigenvalue weighted by Crippen LogP contribution is -2.49. The summed E-state index contributed by atoms with van der Waals surface area (Å²) >= 11 is 3.56. The van der Waals surface area contributed by atoms with Crippen LogP contribution in [-0.2, 0) is 5.33 Å². The van der Waals surface area contributed by atoms with Crippen LogP contribution < -0.4 is 0 Å². The molecule has 0 bridgehead atoms. The van der Waals surface area contributed by atoms with Crippen molar-refractivity contribution in [2.24, 2.45) is 22.2 Å². The molecule has 0 heterocycles. The lowest BCUT2D eigenvalue weighted by Gasteiger charge is -2.57. The first-order valence-electron chi connectivity index (χ1n) is 10.6. The first kappa shape index (κ1) is 25.7. The van der Waals surface area contributed by atoms with Crippen molar-refractivity contribution in [1.82, 2.24) is 0 Å². The van der Waals surface area contributed by atoms with Crippen molar-refractivity contribution < 1.29 is 0 Å². The molecule has 0 aliphatic heterocycles. The van der Waals surface area contributed by atoms with E-state index in [0.717, 1.165) is 5.33 Å².